The van der Waals surface area contributed by atoms with Crippen LogP contribution in [0.2, 0.25) is 0 Å². The number of hydrogen-bond acceptors (Lipinski definition) is 5. The van der Waals surface area contributed by atoms with Gasteiger partial charge in [-0.25, -0.2) is 4.98 Å². The quantitative estimate of drug-likeness (QED) is 0.891. The molecule has 0 spiro atoms. The third kappa shape index (κ3) is 2.58. The van der Waals surface area contributed by atoms with E-state index in [2.05, 4.69) is 20.6 Å². The van der Waals surface area contributed by atoms with Gasteiger partial charge in [0.05, 0.1) is 5.69 Å². The van der Waals surface area contributed by atoms with E-state index >= 15 is 0 Å². The molecule has 0 fully saturated rings. The average molecular weight is 269 g/mol. The van der Waals surface area contributed by atoms with Gasteiger partial charge in [-0.2, -0.15) is 4.98 Å². The smallest absolute Gasteiger partial charge is 0.227 e. The first-order chi connectivity index (χ1) is 9.74. The number of nitrogens with zero attached hydrogens (tertiary/aromatic N) is 3. The topological polar surface area (TPSA) is 53.1 Å². The maximum absolute atomic E-state index is 4.65. The highest BCUT2D eigenvalue weighted by Crippen LogP contribution is 2.25. The molecule has 1 aliphatic rings. The van der Waals surface area contributed by atoms with E-state index in [9.17, 15) is 0 Å². The summed E-state index contributed by atoms with van der Waals surface area (Å²) in [6, 6.07) is 10.1. The van der Waals surface area contributed by atoms with Crippen molar-refractivity contribution in [2.75, 3.05) is 30.9 Å². The number of benzene rings is 1. The van der Waals surface area contributed by atoms with Gasteiger partial charge in [-0.05, 0) is 12.1 Å². The fraction of sp³-hybridized carbons (Fsp3) is 0.333. The first-order valence-electron chi connectivity index (χ1n) is 6.84. The lowest BCUT2D eigenvalue weighted by molar-refractivity contribution is 0.627. The normalized spacial score (nSPS) is 13.7. The molecule has 104 valence electrons. The van der Waals surface area contributed by atoms with Crippen molar-refractivity contribution < 1.29 is 0 Å². The summed E-state index contributed by atoms with van der Waals surface area (Å²) in [7, 11) is 3.93. The number of hydrogen-bond donors (Lipinski definition) is 2. The molecular formula is C15H19N5. The lowest BCUT2D eigenvalue weighted by Crippen LogP contribution is -2.27. The van der Waals surface area contributed by atoms with E-state index in [4.69, 9.17) is 0 Å². The molecule has 0 atom stereocenters. The van der Waals surface area contributed by atoms with Gasteiger partial charge in [0.15, 0.2) is 0 Å². The van der Waals surface area contributed by atoms with Gasteiger partial charge in [-0.3, -0.25) is 0 Å². The van der Waals surface area contributed by atoms with Crippen LogP contribution in [0.4, 0.5) is 17.5 Å². The highest BCUT2D eigenvalue weighted by atomic mass is 15.2. The Morgan fingerprint density at radius 3 is 2.70 bits per heavy atom. The van der Waals surface area contributed by atoms with Crippen LogP contribution in [0.5, 0.6) is 0 Å². The third-order valence-electron chi connectivity index (χ3n) is 3.36. The van der Waals surface area contributed by atoms with Crippen LogP contribution in [0.3, 0.4) is 0 Å². The van der Waals surface area contributed by atoms with Crippen LogP contribution in [0.1, 0.15) is 11.3 Å². The molecule has 1 aromatic carbocycles. The predicted molar refractivity (Wildman–Crippen MR) is 81.5 cm³/mol. The molecule has 0 saturated heterocycles. The largest absolute Gasteiger partial charge is 0.347 e. The second-order valence-corrected chi connectivity index (χ2v) is 5.11. The fourth-order valence-electron chi connectivity index (χ4n) is 2.29. The fourth-order valence-corrected chi connectivity index (χ4v) is 2.29. The van der Waals surface area contributed by atoms with E-state index in [-0.39, 0.29) is 0 Å². The minimum atomic E-state index is 0.754. The van der Waals surface area contributed by atoms with Gasteiger partial charge in [-0.15, -0.1) is 0 Å². The van der Waals surface area contributed by atoms with Crippen LogP contribution in [0.25, 0.3) is 0 Å². The summed E-state index contributed by atoms with van der Waals surface area (Å²) in [5, 5.41) is 6.79. The average Bonchev–Trinajstić information content (AvgIpc) is 2.48. The Hall–Kier alpha value is -2.14. The van der Waals surface area contributed by atoms with Crippen LogP contribution in [0.15, 0.2) is 30.3 Å². The van der Waals surface area contributed by atoms with Crippen molar-refractivity contribution in [3.63, 3.8) is 0 Å². The molecular weight excluding hydrogens is 250 g/mol. The van der Waals surface area contributed by atoms with E-state index in [1.807, 2.05) is 49.3 Å². The van der Waals surface area contributed by atoms with Gasteiger partial charge in [0.2, 0.25) is 5.95 Å². The zero-order valence-corrected chi connectivity index (χ0v) is 11.8. The van der Waals surface area contributed by atoms with Crippen LogP contribution >= 0.6 is 0 Å². The van der Waals surface area contributed by atoms with Gasteiger partial charge in [0.25, 0.3) is 0 Å². The Balaban J connectivity index is 2.01. The standard InChI is InChI=1S/C15H19N5/c1-20(2)15-18-13-8-9-16-10-12(13)14(19-15)17-11-6-4-3-5-7-11/h3-7,16H,8-10H2,1-2H3,(H,17,18,19). The molecule has 0 unspecified atom stereocenters. The van der Waals surface area contributed by atoms with Crippen LogP contribution in [-0.4, -0.2) is 30.6 Å². The van der Waals surface area contributed by atoms with Crippen molar-refractivity contribution in [3.05, 3.63) is 41.6 Å². The SMILES string of the molecule is CN(C)c1nc2c(c(Nc3ccccc3)n1)CNCC2. The Kier molecular flexibility index (Phi) is 3.52. The number of nitrogens with one attached hydrogen (secondary N) is 2. The summed E-state index contributed by atoms with van der Waals surface area (Å²) in [5.74, 6) is 1.65. The Labute approximate surface area is 119 Å². The number of fused-ring (bicyclic) bond motifs is 1. The maximum Gasteiger partial charge on any atom is 0.227 e. The van der Waals surface area contributed by atoms with Crippen molar-refractivity contribution in [3.8, 4) is 0 Å². The Bertz CT molecular complexity index is 595. The summed E-state index contributed by atoms with van der Waals surface area (Å²) in [6.07, 6.45) is 0.947. The summed E-state index contributed by atoms with van der Waals surface area (Å²) in [5.41, 5.74) is 3.36. The molecule has 5 heteroatoms. The number of aromatic nitrogens is 2. The molecule has 0 radical (unpaired) electrons. The van der Waals surface area contributed by atoms with E-state index in [0.717, 1.165) is 42.7 Å². The van der Waals surface area contributed by atoms with E-state index in [0.29, 0.717) is 0 Å². The Morgan fingerprint density at radius 2 is 1.95 bits per heavy atom. The number of anilines is 3. The van der Waals surface area contributed by atoms with Gasteiger partial charge in [0, 0.05) is 44.9 Å². The second kappa shape index (κ2) is 5.46. The van der Waals surface area contributed by atoms with Gasteiger partial charge >= 0.3 is 0 Å². The zero-order valence-electron chi connectivity index (χ0n) is 11.8. The molecule has 2 aromatic rings. The van der Waals surface area contributed by atoms with Crippen molar-refractivity contribution in [2.45, 2.75) is 13.0 Å². The molecule has 1 aromatic heterocycles. The first kappa shape index (κ1) is 12.9. The van der Waals surface area contributed by atoms with Gasteiger partial charge in [-0.1, -0.05) is 18.2 Å². The number of para-hydroxylation sites is 1. The van der Waals surface area contributed by atoms with Crippen molar-refractivity contribution in [2.24, 2.45) is 0 Å². The monoisotopic (exact) mass is 269 g/mol. The Morgan fingerprint density at radius 1 is 1.15 bits per heavy atom. The minimum Gasteiger partial charge on any atom is -0.347 e. The van der Waals surface area contributed by atoms with E-state index in [1.54, 1.807) is 0 Å². The van der Waals surface area contributed by atoms with Gasteiger partial charge < -0.3 is 15.5 Å². The van der Waals surface area contributed by atoms with Crippen LogP contribution < -0.4 is 15.5 Å². The zero-order chi connectivity index (χ0) is 13.9. The minimum absolute atomic E-state index is 0.754. The first-order valence-corrected chi connectivity index (χ1v) is 6.84. The van der Waals surface area contributed by atoms with Crippen LogP contribution in [0, 0.1) is 0 Å². The van der Waals surface area contributed by atoms with Crippen molar-refractivity contribution in [1.29, 1.82) is 0 Å². The van der Waals surface area contributed by atoms with Gasteiger partial charge in [0.1, 0.15) is 5.82 Å². The summed E-state index contributed by atoms with van der Waals surface area (Å²) in [6.45, 7) is 1.79. The molecule has 0 aliphatic carbocycles. The molecule has 0 amide bonds. The molecule has 1 aliphatic heterocycles. The molecule has 0 saturated carbocycles. The molecule has 2 heterocycles. The summed E-state index contributed by atoms with van der Waals surface area (Å²) >= 11 is 0. The summed E-state index contributed by atoms with van der Waals surface area (Å²) < 4.78 is 0. The van der Waals surface area contributed by atoms with E-state index in [1.165, 1.54) is 5.56 Å². The summed E-state index contributed by atoms with van der Waals surface area (Å²) in [4.78, 5) is 11.2. The molecule has 20 heavy (non-hydrogen) atoms. The molecule has 5 nitrogen and oxygen atoms in total. The molecule has 3 rings (SSSR count). The van der Waals surface area contributed by atoms with E-state index < -0.39 is 0 Å². The van der Waals surface area contributed by atoms with Crippen LogP contribution in [-0.2, 0) is 13.0 Å². The molecule has 2 N–H and O–H groups in total. The van der Waals surface area contributed by atoms with Crippen molar-refractivity contribution >= 4 is 17.5 Å². The third-order valence-corrected chi connectivity index (χ3v) is 3.36. The lowest BCUT2D eigenvalue weighted by Gasteiger charge is -2.22. The maximum atomic E-state index is 4.65. The lowest BCUT2D eigenvalue weighted by atomic mass is 10.1. The predicted octanol–water partition coefficient (Wildman–Crippen LogP) is 1.93. The van der Waals surface area contributed by atoms with Crippen molar-refractivity contribution in [1.82, 2.24) is 15.3 Å². The highest BCUT2D eigenvalue weighted by Gasteiger charge is 2.18. The second-order valence-electron chi connectivity index (χ2n) is 5.11. The highest BCUT2D eigenvalue weighted by molar-refractivity contribution is 5.62. The molecule has 0 bridgehead atoms. The number of rotatable bonds is 3.